The molecule has 0 aliphatic rings. The molecule has 0 spiro atoms. The maximum atomic E-state index is 13.7. The van der Waals surface area contributed by atoms with E-state index in [0.29, 0.717) is 57.4 Å². The van der Waals surface area contributed by atoms with Crippen LogP contribution in [0.15, 0.2) is 271 Å². The lowest BCUT2D eigenvalue weighted by molar-refractivity contribution is -0.143. The number of carbonyl (C=O) groups is 3. The molecule has 14 rings (SSSR count). The first-order valence-electron chi connectivity index (χ1n) is 31.1. The molecule has 0 saturated heterocycles. The number of rotatable bonds is 13. The van der Waals surface area contributed by atoms with Gasteiger partial charge in [-0.05, 0) is 165 Å². The highest BCUT2D eigenvalue weighted by atomic mass is 79.9. The van der Waals surface area contributed by atoms with E-state index < -0.39 is 59.8 Å². The zero-order valence-electron chi connectivity index (χ0n) is 54.8. The molecule has 9 heterocycles. The molecule has 0 radical (unpaired) electrons. The Kier molecular flexibility index (Phi) is 25.6. The first-order valence-corrected chi connectivity index (χ1v) is 33.0. The zero-order valence-corrected chi connectivity index (χ0v) is 58.8. The Balaban J connectivity index is 0.000000156. The molecular weight excluding hydrogens is 1570 g/mol. The molecule has 0 fully saturated rings. The van der Waals surface area contributed by atoms with Gasteiger partial charge in [-0.15, -0.1) is 30.6 Å². The maximum absolute atomic E-state index is 13.7. The third-order valence-corrected chi connectivity index (χ3v) is 16.1. The van der Waals surface area contributed by atoms with Crippen molar-refractivity contribution in [2.45, 2.75) is 18.5 Å². The summed E-state index contributed by atoms with van der Waals surface area (Å²) in [7, 11) is -1.34. The lowest BCUT2D eigenvalue weighted by atomic mass is 9.81. The first kappa shape index (κ1) is 78.0. The fourth-order valence-corrected chi connectivity index (χ4v) is 10.7. The van der Waals surface area contributed by atoms with E-state index in [-0.39, 0.29) is 52.0 Å². The summed E-state index contributed by atoms with van der Waals surface area (Å²) in [6.07, 6.45) is -5.11. The van der Waals surface area contributed by atoms with Crippen LogP contribution < -0.4 is 21.8 Å². The number of nitrogen functional groups attached to an aromatic ring is 1. The van der Waals surface area contributed by atoms with Gasteiger partial charge < -0.3 is 26.4 Å². The second kappa shape index (κ2) is 35.5. The Labute approximate surface area is 627 Å². The molecule has 9 aromatic heterocycles. The molecule has 0 unspecified atom stereocenters. The zero-order chi connectivity index (χ0) is 77.1. The molecular formula is C72H49BBr2ClF9N18O5. The summed E-state index contributed by atoms with van der Waals surface area (Å²) < 4.78 is 125. The quantitative estimate of drug-likeness (QED) is 0.0407. The second-order valence-electron chi connectivity index (χ2n) is 21.9. The average molecular weight is 1620 g/mol. The topological polar surface area (TPSA) is 311 Å². The Morgan fingerprint density at radius 2 is 0.759 bits per heavy atom. The Morgan fingerprint density at radius 3 is 1.09 bits per heavy atom. The summed E-state index contributed by atoms with van der Waals surface area (Å²) in [5.41, 5.74) is 7.48. The number of anilines is 3. The van der Waals surface area contributed by atoms with Crippen LogP contribution in [0.3, 0.4) is 0 Å². The van der Waals surface area contributed by atoms with Crippen LogP contribution in [0.2, 0.25) is 0 Å². The lowest BCUT2D eigenvalue weighted by Gasteiger charge is -2.11. The number of carbonyl (C=O) groups excluding carboxylic acids is 3. The SMILES string of the molecule is Nc1ccc(-n2nc(-c3cccnc3)cc2C(F)(F)F)nn1.O=C(Cl)c1ccccc1Br.O=C(Nc1ccc(-n2nc(-c3cccnc3)cc2C(F)(F)F)nn1)c1ccccc1-c1ccccc1.O=C(Nc1ccc(-n2nc(-c3cccnc3)cc2C(F)(F)F)nn1)c1ccccc1Br.OB(O)c1ccccc1. The van der Waals surface area contributed by atoms with Crippen molar-refractivity contribution in [2.24, 2.45) is 0 Å². The van der Waals surface area contributed by atoms with Crippen molar-refractivity contribution in [2.75, 3.05) is 16.4 Å². The molecule has 0 atom stereocenters. The van der Waals surface area contributed by atoms with Gasteiger partial charge in [0, 0.05) is 73.9 Å². The van der Waals surface area contributed by atoms with Gasteiger partial charge >= 0.3 is 25.6 Å². The van der Waals surface area contributed by atoms with Crippen molar-refractivity contribution in [3.8, 4) is 62.4 Å². The lowest BCUT2D eigenvalue weighted by Crippen LogP contribution is -2.29. The number of halogens is 12. The number of benzene rings is 5. The minimum absolute atomic E-state index is 0.0725. The molecule has 0 bridgehead atoms. The molecule has 23 nitrogen and oxygen atoms in total. The smallest absolute Gasteiger partial charge is 0.423 e. The van der Waals surface area contributed by atoms with Crippen molar-refractivity contribution in [3.63, 3.8) is 0 Å². The number of hydrogen-bond acceptors (Lipinski definition) is 18. The number of pyridine rings is 3. The summed E-state index contributed by atoms with van der Waals surface area (Å²) in [5.74, 6) is -0.971. The van der Waals surface area contributed by atoms with Gasteiger partial charge in [-0.3, -0.25) is 29.3 Å². The van der Waals surface area contributed by atoms with Crippen LogP contribution in [0.4, 0.5) is 57.0 Å². The van der Waals surface area contributed by atoms with E-state index in [1.165, 1.54) is 73.6 Å². The van der Waals surface area contributed by atoms with Crippen LogP contribution in [0, 0.1) is 0 Å². The van der Waals surface area contributed by atoms with Gasteiger partial charge in [-0.25, -0.2) is 14.0 Å². The molecule has 544 valence electrons. The Bertz CT molecular complexity index is 5340. The molecule has 6 N–H and O–H groups in total. The van der Waals surface area contributed by atoms with E-state index in [0.717, 1.165) is 33.8 Å². The van der Waals surface area contributed by atoms with Gasteiger partial charge in [-0.1, -0.05) is 119 Å². The van der Waals surface area contributed by atoms with Gasteiger partial charge in [0.15, 0.2) is 46.2 Å². The van der Waals surface area contributed by atoms with E-state index in [9.17, 15) is 53.9 Å². The molecule has 5 aromatic carbocycles. The van der Waals surface area contributed by atoms with Crippen LogP contribution in [0.25, 0.3) is 62.4 Å². The molecule has 108 heavy (non-hydrogen) atoms. The summed E-state index contributed by atoms with van der Waals surface area (Å²) in [6.45, 7) is 0. The molecule has 36 heteroatoms. The van der Waals surface area contributed by atoms with Crippen LogP contribution in [0.1, 0.15) is 48.2 Å². The third kappa shape index (κ3) is 20.7. The third-order valence-electron chi connectivity index (χ3n) is 14.5. The highest BCUT2D eigenvalue weighted by Gasteiger charge is 2.39. The number of aromatic nitrogens is 15. The fraction of sp³-hybridized carbons (Fsp3) is 0.0417. The molecule has 0 aliphatic heterocycles. The number of hydrogen-bond donors (Lipinski definition) is 5. The van der Waals surface area contributed by atoms with Gasteiger partial charge in [-0.2, -0.15) is 54.8 Å². The Hall–Kier alpha value is -12.6. The summed E-state index contributed by atoms with van der Waals surface area (Å²) in [5, 5.41) is 56.6. The predicted octanol–water partition coefficient (Wildman–Crippen LogP) is 14.9. The minimum atomic E-state index is -4.68. The number of nitrogens with one attached hydrogen (secondary N) is 2. The van der Waals surface area contributed by atoms with Crippen molar-refractivity contribution in [3.05, 3.63) is 304 Å². The van der Waals surface area contributed by atoms with E-state index in [1.807, 2.05) is 54.6 Å². The largest absolute Gasteiger partial charge is 0.488 e. The van der Waals surface area contributed by atoms with E-state index in [2.05, 4.69) is 103 Å². The van der Waals surface area contributed by atoms with Crippen LogP contribution in [-0.2, 0) is 18.5 Å². The van der Waals surface area contributed by atoms with E-state index in [4.69, 9.17) is 27.4 Å². The Morgan fingerprint density at radius 1 is 0.407 bits per heavy atom. The minimum Gasteiger partial charge on any atom is -0.423 e. The number of amides is 2. The summed E-state index contributed by atoms with van der Waals surface area (Å²) >= 11 is 11.7. The van der Waals surface area contributed by atoms with Crippen molar-refractivity contribution >= 4 is 90.6 Å². The van der Waals surface area contributed by atoms with E-state index >= 15 is 0 Å². The van der Waals surface area contributed by atoms with Gasteiger partial charge in [0.25, 0.3) is 17.1 Å². The van der Waals surface area contributed by atoms with Gasteiger partial charge in [0.1, 0.15) is 5.82 Å². The van der Waals surface area contributed by atoms with Crippen molar-refractivity contribution in [1.82, 2.24) is 74.9 Å². The summed E-state index contributed by atoms with van der Waals surface area (Å²) in [6, 6.07) is 59.4. The van der Waals surface area contributed by atoms with Crippen LogP contribution in [-0.4, -0.2) is 109 Å². The van der Waals surface area contributed by atoms with Crippen LogP contribution >= 0.6 is 43.5 Å². The average Bonchev–Trinajstić information content (AvgIpc) is 1.64. The first-order chi connectivity index (χ1) is 51.7. The number of nitrogens with two attached hydrogens (primary N) is 1. The maximum Gasteiger partial charge on any atom is 0.488 e. The van der Waals surface area contributed by atoms with Gasteiger partial charge in [0.05, 0.1) is 22.6 Å². The number of nitrogens with zero attached hydrogens (tertiary/aromatic N) is 15. The second-order valence-corrected chi connectivity index (χ2v) is 24.0. The highest BCUT2D eigenvalue weighted by Crippen LogP contribution is 2.37. The van der Waals surface area contributed by atoms with Gasteiger partial charge in [0.2, 0.25) is 0 Å². The molecule has 0 aliphatic carbocycles. The van der Waals surface area contributed by atoms with Crippen molar-refractivity contribution < 1.29 is 63.9 Å². The number of alkyl halides is 9. The highest BCUT2D eigenvalue weighted by molar-refractivity contribution is 9.10. The normalized spacial score (nSPS) is 11.0. The summed E-state index contributed by atoms with van der Waals surface area (Å²) in [4.78, 5) is 47.6. The van der Waals surface area contributed by atoms with E-state index in [1.54, 1.807) is 115 Å². The van der Waals surface area contributed by atoms with Crippen LogP contribution in [0.5, 0.6) is 0 Å². The van der Waals surface area contributed by atoms with Crippen molar-refractivity contribution in [1.29, 1.82) is 0 Å². The predicted molar refractivity (Wildman–Crippen MR) is 389 cm³/mol. The fourth-order valence-electron chi connectivity index (χ4n) is 9.51. The standard InChI is InChI=1S/C26H17F3N6O.C20H12BrF3N6O.C13H9F3N6.C7H4BrClO.C6H7BO2/c27-26(28,29)22-15-21(18-9-6-14-30-16-18)34-35(22)24-13-12-23(32-33-24)31-25(36)20-11-5-4-10-19(20)17-7-2-1-3-8-17;21-14-6-2-1-5-13(14)19(31)26-17-7-8-18(28-27-17)30-16(20(22,23)24)10-15(29-30)12-4-3-9-25-11-12;14-13(15,16)10-6-9(8-2-1-5-18-7-8)21-22(10)12-4-3-11(17)19-20-12;8-6-4-2-1-3-5(6)7(9)10;8-7(9)6-4-2-1-3-5-6/h1-16H,(H,31,32,36);1-11H,(H,26,27,31);1-7H,(H2,17,19);1-4H;1-5,8-9H. The molecule has 0 saturated carbocycles. The molecule has 14 aromatic rings. The monoisotopic (exact) mass is 1620 g/mol. The molecule has 2 amide bonds.